The number of amides is 1. The van der Waals surface area contributed by atoms with Crippen LogP contribution in [0.2, 0.25) is 0 Å². The zero-order valence-electron chi connectivity index (χ0n) is 10.5. The lowest BCUT2D eigenvalue weighted by molar-refractivity contribution is 0.0950. The second kappa shape index (κ2) is 6.85. The number of thiophene rings is 1. The molecule has 102 valence electrons. The van der Waals surface area contributed by atoms with Crippen LogP contribution in [-0.2, 0) is 6.54 Å². The van der Waals surface area contributed by atoms with Gasteiger partial charge in [0.05, 0.1) is 5.56 Å². The number of carbonyl (C=O) groups excluding carboxylic acids is 1. The molecule has 1 heterocycles. The van der Waals surface area contributed by atoms with Gasteiger partial charge in [0.1, 0.15) is 12.4 Å². The molecule has 1 aromatic heterocycles. The standard InChI is InChI=1S/C15H12FNO2S/c16-14-8-13(4-3-12(14)2-1-6-18)15(19)17-9-11-5-7-20-10-11/h3-5,7-8,10,18H,6,9H2,(H,17,19). The van der Waals surface area contributed by atoms with Gasteiger partial charge in [-0.3, -0.25) is 4.79 Å². The van der Waals surface area contributed by atoms with E-state index in [9.17, 15) is 9.18 Å². The minimum atomic E-state index is -0.575. The molecule has 1 amide bonds. The van der Waals surface area contributed by atoms with Crippen LogP contribution in [-0.4, -0.2) is 17.6 Å². The molecule has 3 nitrogen and oxygen atoms in total. The lowest BCUT2D eigenvalue weighted by Crippen LogP contribution is -2.22. The van der Waals surface area contributed by atoms with Gasteiger partial charge in [-0.2, -0.15) is 11.3 Å². The molecule has 0 bridgehead atoms. The van der Waals surface area contributed by atoms with Crippen molar-refractivity contribution >= 4 is 17.2 Å². The molecule has 5 heteroatoms. The molecule has 0 aliphatic heterocycles. The van der Waals surface area contributed by atoms with E-state index in [2.05, 4.69) is 17.2 Å². The van der Waals surface area contributed by atoms with Crippen molar-refractivity contribution in [2.75, 3.05) is 6.61 Å². The van der Waals surface area contributed by atoms with Gasteiger partial charge in [0.25, 0.3) is 5.91 Å². The molecule has 0 radical (unpaired) electrons. The summed E-state index contributed by atoms with van der Waals surface area (Å²) >= 11 is 1.55. The van der Waals surface area contributed by atoms with Gasteiger partial charge in [0, 0.05) is 12.1 Å². The first-order valence-corrected chi connectivity index (χ1v) is 6.83. The summed E-state index contributed by atoms with van der Waals surface area (Å²) in [5, 5.41) is 15.1. The quantitative estimate of drug-likeness (QED) is 0.851. The third-order valence-electron chi connectivity index (χ3n) is 2.57. The fraction of sp³-hybridized carbons (Fsp3) is 0.133. The highest BCUT2D eigenvalue weighted by atomic mass is 32.1. The largest absolute Gasteiger partial charge is 0.384 e. The minimum absolute atomic E-state index is 0.161. The summed E-state index contributed by atoms with van der Waals surface area (Å²) in [7, 11) is 0. The summed E-state index contributed by atoms with van der Waals surface area (Å²) in [6.45, 7) is 0.0817. The lowest BCUT2D eigenvalue weighted by Gasteiger charge is -2.04. The van der Waals surface area contributed by atoms with Crippen molar-refractivity contribution in [3.63, 3.8) is 0 Å². The maximum Gasteiger partial charge on any atom is 0.251 e. The van der Waals surface area contributed by atoms with Crippen LogP contribution in [0.4, 0.5) is 4.39 Å². The zero-order chi connectivity index (χ0) is 14.4. The number of carbonyl (C=O) groups is 1. The minimum Gasteiger partial charge on any atom is -0.384 e. The summed E-state index contributed by atoms with van der Waals surface area (Å²) in [4.78, 5) is 11.9. The number of benzene rings is 1. The van der Waals surface area contributed by atoms with E-state index < -0.39 is 5.82 Å². The first kappa shape index (κ1) is 14.3. The monoisotopic (exact) mass is 289 g/mol. The molecular formula is C15H12FNO2S. The zero-order valence-corrected chi connectivity index (χ0v) is 11.3. The fourth-order valence-electron chi connectivity index (χ4n) is 1.57. The molecule has 0 aliphatic rings. The van der Waals surface area contributed by atoms with Crippen LogP contribution in [0, 0.1) is 17.7 Å². The Hall–Kier alpha value is -2.16. The Bertz CT molecular complexity index is 656. The van der Waals surface area contributed by atoms with Crippen molar-refractivity contribution in [3.05, 3.63) is 57.5 Å². The predicted octanol–water partition coefficient (Wildman–Crippen LogP) is 2.16. The van der Waals surface area contributed by atoms with Crippen LogP contribution in [0.15, 0.2) is 35.0 Å². The van der Waals surface area contributed by atoms with Crippen LogP contribution in [0.3, 0.4) is 0 Å². The molecule has 0 unspecified atom stereocenters. The van der Waals surface area contributed by atoms with Crippen molar-refractivity contribution in [3.8, 4) is 11.8 Å². The van der Waals surface area contributed by atoms with Crippen molar-refractivity contribution < 1.29 is 14.3 Å². The fourth-order valence-corrected chi connectivity index (χ4v) is 2.24. The number of aliphatic hydroxyl groups is 1. The van der Waals surface area contributed by atoms with Crippen molar-refractivity contribution in [1.29, 1.82) is 0 Å². The van der Waals surface area contributed by atoms with E-state index in [0.717, 1.165) is 11.6 Å². The number of rotatable bonds is 3. The molecule has 0 aliphatic carbocycles. The van der Waals surface area contributed by atoms with Gasteiger partial charge in [-0.1, -0.05) is 11.8 Å². The van der Waals surface area contributed by atoms with Gasteiger partial charge in [0.2, 0.25) is 0 Å². The van der Waals surface area contributed by atoms with Gasteiger partial charge in [-0.05, 0) is 40.6 Å². The van der Waals surface area contributed by atoms with E-state index in [4.69, 9.17) is 5.11 Å². The molecule has 0 saturated carbocycles. The Kier molecular flexibility index (Phi) is 4.88. The number of hydrogen-bond donors (Lipinski definition) is 2. The summed E-state index contributed by atoms with van der Waals surface area (Å²) in [6, 6.07) is 5.99. The third-order valence-corrected chi connectivity index (χ3v) is 3.30. The Morgan fingerprint density at radius 2 is 2.25 bits per heavy atom. The average molecular weight is 289 g/mol. The van der Waals surface area contributed by atoms with Crippen LogP contribution in [0.25, 0.3) is 0 Å². The van der Waals surface area contributed by atoms with Crippen molar-refractivity contribution in [2.45, 2.75) is 6.54 Å². The van der Waals surface area contributed by atoms with E-state index in [1.165, 1.54) is 12.1 Å². The van der Waals surface area contributed by atoms with Crippen LogP contribution >= 0.6 is 11.3 Å². The van der Waals surface area contributed by atoms with Crippen molar-refractivity contribution in [2.24, 2.45) is 0 Å². The summed E-state index contributed by atoms with van der Waals surface area (Å²) in [6.07, 6.45) is 0. The molecule has 20 heavy (non-hydrogen) atoms. The summed E-state index contributed by atoms with van der Waals surface area (Å²) in [5.74, 6) is 3.93. The molecule has 0 fully saturated rings. The number of halogens is 1. The maximum absolute atomic E-state index is 13.7. The summed E-state index contributed by atoms with van der Waals surface area (Å²) < 4.78 is 13.7. The highest BCUT2D eigenvalue weighted by molar-refractivity contribution is 7.07. The Labute approximate surface area is 120 Å². The molecule has 2 rings (SSSR count). The number of aliphatic hydroxyl groups excluding tert-OH is 1. The first-order valence-electron chi connectivity index (χ1n) is 5.89. The Morgan fingerprint density at radius 3 is 2.90 bits per heavy atom. The summed E-state index contributed by atoms with van der Waals surface area (Å²) in [5.41, 5.74) is 1.41. The molecule has 0 spiro atoms. The molecule has 2 N–H and O–H groups in total. The molecule has 2 aromatic rings. The van der Waals surface area contributed by atoms with Crippen LogP contribution in [0.5, 0.6) is 0 Å². The van der Waals surface area contributed by atoms with Crippen LogP contribution in [0.1, 0.15) is 21.5 Å². The number of hydrogen-bond acceptors (Lipinski definition) is 3. The SMILES string of the molecule is O=C(NCc1ccsc1)c1ccc(C#CCO)c(F)c1. The Morgan fingerprint density at radius 1 is 1.40 bits per heavy atom. The van der Waals surface area contributed by atoms with Crippen LogP contribution < -0.4 is 5.32 Å². The van der Waals surface area contributed by atoms with E-state index in [1.807, 2.05) is 16.8 Å². The second-order valence-electron chi connectivity index (χ2n) is 3.97. The lowest BCUT2D eigenvalue weighted by atomic mass is 10.1. The number of nitrogens with one attached hydrogen (secondary N) is 1. The smallest absolute Gasteiger partial charge is 0.251 e. The first-order chi connectivity index (χ1) is 9.70. The van der Waals surface area contributed by atoms with Gasteiger partial charge >= 0.3 is 0 Å². The maximum atomic E-state index is 13.7. The molecule has 0 saturated heterocycles. The van der Waals surface area contributed by atoms with E-state index in [-0.39, 0.29) is 23.6 Å². The Balaban J connectivity index is 2.05. The normalized spacial score (nSPS) is 9.70. The van der Waals surface area contributed by atoms with Gasteiger partial charge in [-0.25, -0.2) is 4.39 Å². The van der Waals surface area contributed by atoms with Gasteiger partial charge < -0.3 is 10.4 Å². The third kappa shape index (κ3) is 3.67. The highest BCUT2D eigenvalue weighted by Crippen LogP contribution is 2.10. The van der Waals surface area contributed by atoms with E-state index in [0.29, 0.717) is 6.54 Å². The van der Waals surface area contributed by atoms with Gasteiger partial charge in [0.15, 0.2) is 0 Å². The van der Waals surface area contributed by atoms with Crippen molar-refractivity contribution in [1.82, 2.24) is 5.32 Å². The van der Waals surface area contributed by atoms with Gasteiger partial charge in [-0.15, -0.1) is 0 Å². The molecular weight excluding hydrogens is 277 g/mol. The average Bonchev–Trinajstić information content (AvgIpc) is 2.96. The molecule has 0 atom stereocenters. The second-order valence-corrected chi connectivity index (χ2v) is 4.75. The molecule has 1 aromatic carbocycles. The predicted molar refractivity (Wildman–Crippen MR) is 75.9 cm³/mol. The highest BCUT2D eigenvalue weighted by Gasteiger charge is 2.08. The van der Waals surface area contributed by atoms with E-state index >= 15 is 0 Å². The van der Waals surface area contributed by atoms with E-state index in [1.54, 1.807) is 11.3 Å². The topological polar surface area (TPSA) is 49.3 Å².